The predicted octanol–water partition coefficient (Wildman–Crippen LogP) is -1.04. The molecule has 0 saturated carbocycles. The van der Waals surface area contributed by atoms with Gasteiger partial charge in [-0.15, -0.1) is 0 Å². The summed E-state index contributed by atoms with van der Waals surface area (Å²) in [6.45, 7) is 4.03. The Morgan fingerprint density at radius 1 is 1.19 bits per heavy atom. The minimum absolute atomic E-state index is 0.243. The van der Waals surface area contributed by atoms with E-state index in [2.05, 4.69) is 4.99 Å². The van der Waals surface area contributed by atoms with Crippen LogP contribution in [0.2, 0.25) is 0 Å². The van der Waals surface area contributed by atoms with Gasteiger partial charge in [0.15, 0.2) is 11.0 Å². The number of piperidine rings is 1. The Labute approximate surface area is 130 Å². The minimum Gasteiger partial charge on any atom is -0.333 e. The molecular formula is C14H23N4O2S+. The smallest absolute Gasteiger partial charge is 0.246 e. The van der Waals surface area contributed by atoms with Crippen molar-refractivity contribution < 1.29 is 14.5 Å². The van der Waals surface area contributed by atoms with E-state index in [-0.39, 0.29) is 16.9 Å². The number of nitrogens with zero attached hydrogens (tertiary/aromatic N) is 3. The molecule has 116 valence electrons. The maximum Gasteiger partial charge on any atom is 0.246 e. The number of aliphatic imine (C=N–C) groups is 1. The van der Waals surface area contributed by atoms with E-state index in [1.54, 1.807) is 19.0 Å². The predicted molar refractivity (Wildman–Crippen MR) is 84.4 cm³/mol. The van der Waals surface area contributed by atoms with Gasteiger partial charge in [-0.1, -0.05) is 0 Å². The summed E-state index contributed by atoms with van der Waals surface area (Å²) < 4.78 is 0. The molecule has 0 radical (unpaired) electrons. The first kappa shape index (κ1) is 16.0. The van der Waals surface area contributed by atoms with Crippen LogP contribution < -0.4 is 4.90 Å². The van der Waals surface area contributed by atoms with E-state index in [1.807, 2.05) is 0 Å². The third kappa shape index (κ3) is 3.65. The summed E-state index contributed by atoms with van der Waals surface area (Å²) in [5, 5.41) is 0.243. The lowest BCUT2D eigenvalue weighted by atomic mass is 10.1. The second-order valence-electron chi connectivity index (χ2n) is 5.67. The molecule has 0 aromatic carbocycles. The molecule has 2 aliphatic heterocycles. The van der Waals surface area contributed by atoms with Crippen LogP contribution in [0.1, 0.15) is 19.3 Å². The van der Waals surface area contributed by atoms with Crippen LogP contribution in [-0.2, 0) is 9.59 Å². The number of hydrogen-bond donors (Lipinski definition) is 1. The molecule has 0 aliphatic carbocycles. The molecule has 7 heteroatoms. The Bertz CT molecular complexity index is 436. The summed E-state index contributed by atoms with van der Waals surface area (Å²) in [4.78, 5) is 32.7. The standard InChI is InChI=1S/C14H22N4O2S/c1-16-12(19)11(13(20)17(2)14(16)21)10-15-6-9-18-7-4-3-5-8-18/h10-11H,3-9H2,1-2H3/p+1. The van der Waals surface area contributed by atoms with Gasteiger partial charge < -0.3 is 4.90 Å². The molecule has 2 fully saturated rings. The third-order valence-corrected chi connectivity index (χ3v) is 4.72. The molecule has 0 spiro atoms. The monoisotopic (exact) mass is 311 g/mol. The van der Waals surface area contributed by atoms with E-state index < -0.39 is 5.92 Å². The van der Waals surface area contributed by atoms with Gasteiger partial charge in [0.1, 0.15) is 0 Å². The molecule has 0 unspecified atom stereocenters. The van der Waals surface area contributed by atoms with Crippen LogP contribution in [0.3, 0.4) is 0 Å². The lowest BCUT2D eigenvalue weighted by Crippen LogP contribution is -3.13. The molecule has 2 rings (SSSR count). The first-order valence-electron chi connectivity index (χ1n) is 7.45. The number of amides is 2. The van der Waals surface area contributed by atoms with E-state index >= 15 is 0 Å². The van der Waals surface area contributed by atoms with Crippen molar-refractivity contribution in [3.8, 4) is 0 Å². The molecule has 2 aliphatic rings. The number of carbonyl (C=O) groups excluding carboxylic acids is 2. The van der Waals surface area contributed by atoms with Crippen molar-refractivity contribution in [2.45, 2.75) is 19.3 Å². The summed E-state index contributed by atoms with van der Waals surface area (Å²) in [7, 11) is 3.18. The number of rotatable bonds is 4. The van der Waals surface area contributed by atoms with Gasteiger partial charge >= 0.3 is 0 Å². The van der Waals surface area contributed by atoms with Crippen molar-refractivity contribution in [2.75, 3.05) is 40.3 Å². The summed E-state index contributed by atoms with van der Waals surface area (Å²) in [5.41, 5.74) is 0. The highest BCUT2D eigenvalue weighted by molar-refractivity contribution is 7.80. The molecule has 6 nitrogen and oxygen atoms in total. The Kier molecular flexibility index (Phi) is 5.41. The van der Waals surface area contributed by atoms with E-state index in [0.29, 0.717) is 6.54 Å². The topological polar surface area (TPSA) is 57.4 Å². The molecule has 0 aromatic heterocycles. The van der Waals surface area contributed by atoms with E-state index in [1.165, 1.54) is 48.4 Å². The van der Waals surface area contributed by atoms with Crippen molar-refractivity contribution in [1.82, 2.24) is 9.80 Å². The third-order valence-electron chi connectivity index (χ3n) is 4.18. The van der Waals surface area contributed by atoms with Gasteiger partial charge in [-0.05, 0) is 31.5 Å². The van der Waals surface area contributed by atoms with E-state index in [0.717, 1.165) is 6.54 Å². The number of nitrogens with one attached hydrogen (secondary N) is 1. The molecule has 0 bridgehead atoms. The van der Waals surface area contributed by atoms with E-state index in [4.69, 9.17) is 12.2 Å². The fraction of sp³-hybridized carbons (Fsp3) is 0.714. The number of carbonyl (C=O) groups is 2. The number of thiocarbonyl (C=S) groups is 1. The van der Waals surface area contributed by atoms with Gasteiger partial charge in [0, 0.05) is 20.3 Å². The quantitative estimate of drug-likeness (QED) is 0.410. The zero-order valence-corrected chi connectivity index (χ0v) is 13.5. The Morgan fingerprint density at radius 2 is 1.76 bits per heavy atom. The highest BCUT2D eigenvalue weighted by atomic mass is 32.1. The van der Waals surface area contributed by atoms with Crippen LogP contribution in [0.25, 0.3) is 0 Å². The van der Waals surface area contributed by atoms with Crippen molar-refractivity contribution >= 4 is 35.4 Å². The second kappa shape index (κ2) is 7.09. The zero-order valence-electron chi connectivity index (χ0n) is 12.7. The molecule has 0 atom stereocenters. The molecule has 2 saturated heterocycles. The molecule has 0 aromatic rings. The van der Waals surface area contributed by atoms with E-state index in [9.17, 15) is 9.59 Å². The fourth-order valence-electron chi connectivity index (χ4n) is 2.77. The van der Waals surface area contributed by atoms with Crippen LogP contribution >= 0.6 is 12.2 Å². The van der Waals surface area contributed by atoms with Crippen molar-refractivity contribution in [3.05, 3.63) is 0 Å². The van der Waals surface area contributed by atoms with Gasteiger partial charge in [0.2, 0.25) is 11.8 Å². The largest absolute Gasteiger partial charge is 0.333 e. The molecule has 2 heterocycles. The SMILES string of the molecule is CN1C(=O)C(C=NCC[NH+]2CCCCC2)C(=O)N(C)C1=S. The van der Waals surface area contributed by atoms with Gasteiger partial charge in [-0.25, -0.2) is 0 Å². The first-order chi connectivity index (χ1) is 10.0. The maximum atomic E-state index is 12.1. The van der Waals surface area contributed by atoms with Crippen LogP contribution in [-0.4, -0.2) is 73.2 Å². The van der Waals surface area contributed by atoms with Gasteiger partial charge in [0.25, 0.3) is 0 Å². The average Bonchev–Trinajstić information content (AvgIpc) is 2.51. The normalized spacial score (nSPS) is 22.7. The molecule has 21 heavy (non-hydrogen) atoms. The van der Waals surface area contributed by atoms with Crippen LogP contribution in [0.5, 0.6) is 0 Å². The lowest BCUT2D eigenvalue weighted by Gasteiger charge is -2.33. The summed E-state index contributed by atoms with van der Waals surface area (Å²) in [6.07, 6.45) is 5.39. The van der Waals surface area contributed by atoms with Crippen LogP contribution in [0.15, 0.2) is 4.99 Å². The highest BCUT2D eigenvalue weighted by Gasteiger charge is 2.39. The lowest BCUT2D eigenvalue weighted by molar-refractivity contribution is -0.903. The maximum absolute atomic E-state index is 12.1. The summed E-state index contributed by atoms with van der Waals surface area (Å²) in [5.74, 6) is -1.42. The van der Waals surface area contributed by atoms with Crippen molar-refractivity contribution in [2.24, 2.45) is 10.9 Å². The van der Waals surface area contributed by atoms with Gasteiger partial charge in [-0.3, -0.25) is 24.4 Å². The molecule has 1 N–H and O–H groups in total. The zero-order chi connectivity index (χ0) is 15.4. The highest BCUT2D eigenvalue weighted by Crippen LogP contribution is 2.13. The summed E-state index contributed by atoms with van der Waals surface area (Å²) >= 11 is 5.04. The van der Waals surface area contributed by atoms with Crippen LogP contribution in [0.4, 0.5) is 0 Å². The Balaban J connectivity index is 1.88. The second-order valence-corrected chi connectivity index (χ2v) is 6.04. The van der Waals surface area contributed by atoms with Gasteiger partial charge in [0.05, 0.1) is 26.2 Å². The van der Waals surface area contributed by atoms with Crippen molar-refractivity contribution in [3.63, 3.8) is 0 Å². The first-order valence-corrected chi connectivity index (χ1v) is 7.86. The number of hydrogen-bond acceptors (Lipinski definition) is 4. The molecular weight excluding hydrogens is 288 g/mol. The number of likely N-dealkylation sites (tertiary alicyclic amines) is 1. The van der Waals surface area contributed by atoms with Gasteiger partial charge in [-0.2, -0.15) is 0 Å². The van der Waals surface area contributed by atoms with Crippen molar-refractivity contribution in [1.29, 1.82) is 0 Å². The minimum atomic E-state index is -0.831. The molecule has 2 amide bonds. The fourth-order valence-corrected chi connectivity index (χ4v) is 2.95. The number of quaternary nitrogens is 1. The Hall–Kier alpha value is -1.34. The average molecular weight is 311 g/mol. The summed E-state index contributed by atoms with van der Waals surface area (Å²) in [6, 6.07) is 0. The Morgan fingerprint density at radius 3 is 2.33 bits per heavy atom. The van der Waals surface area contributed by atoms with Crippen LogP contribution in [0, 0.1) is 5.92 Å².